The van der Waals surface area contributed by atoms with Gasteiger partial charge in [-0.1, -0.05) is 56.6 Å². The van der Waals surface area contributed by atoms with Crippen molar-refractivity contribution in [3.05, 3.63) is 55.1 Å². The SMILES string of the molecule is CC(C)(C)c1ccc(C(N)c2cc(Br)c(Cl)s2)cc1. The van der Waals surface area contributed by atoms with Crippen LogP contribution in [-0.4, -0.2) is 0 Å². The molecule has 2 N–H and O–H groups in total. The molecule has 0 bridgehead atoms. The summed E-state index contributed by atoms with van der Waals surface area (Å²) in [5.41, 5.74) is 8.88. The Morgan fingerprint density at radius 1 is 1.21 bits per heavy atom. The molecule has 1 aromatic heterocycles. The van der Waals surface area contributed by atoms with Crippen LogP contribution in [-0.2, 0) is 5.41 Å². The Bertz CT molecular complexity index is 549. The van der Waals surface area contributed by atoms with E-state index in [4.69, 9.17) is 17.3 Å². The maximum atomic E-state index is 6.29. The largest absolute Gasteiger partial charge is 0.320 e. The van der Waals surface area contributed by atoms with Crippen molar-refractivity contribution in [2.24, 2.45) is 5.73 Å². The van der Waals surface area contributed by atoms with Crippen LogP contribution in [0.1, 0.15) is 42.8 Å². The van der Waals surface area contributed by atoms with Crippen LogP contribution in [0.25, 0.3) is 0 Å². The molecule has 102 valence electrons. The Morgan fingerprint density at radius 2 is 1.79 bits per heavy atom. The highest BCUT2D eigenvalue weighted by Gasteiger charge is 2.16. The minimum Gasteiger partial charge on any atom is -0.320 e. The first-order valence-corrected chi connectivity index (χ1v) is 8.08. The summed E-state index contributed by atoms with van der Waals surface area (Å²) < 4.78 is 1.66. The van der Waals surface area contributed by atoms with Gasteiger partial charge < -0.3 is 5.73 Å². The van der Waals surface area contributed by atoms with Crippen molar-refractivity contribution in [1.29, 1.82) is 0 Å². The molecule has 0 amide bonds. The van der Waals surface area contributed by atoms with Gasteiger partial charge in [-0.2, -0.15) is 0 Å². The first-order valence-electron chi connectivity index (χ1n) is 6.10. The van der Waals surface area contributed by atoms with Gasteiger partial charge in [0, 0.05) is 9.35 Å². The van der Waals surface area contributed by atoms with Gasteiger partial charge in [0.05, 0.1) is 6.04 Å². The van der Waals surface area contributed by atoms with E-state index in [1.165, 1.54) is 16.9 Å². The highest BCUT2D eigenvalue weighted by atomic mass is 79.9. The molecule has 2 aromatic rings. The number of thiophene rings is 1. The van der Waals surface area contributed by atoms with Gasteiger partial charge in [0.15, 0.2) is 0 Å². The second-order valence-electron chi connectivity index (χ2n) is 5.62. The Labute approximate surface area is 131 Å². The molecule has 1 atom stereocenters. The molecular formula is C15H17BrClNS. The molecule has 19 heavy (non-hydrogen) atoms. The van der Waals surface area contributed by atoms with Gasteiger partial charge in [-0.25, -0.2) is 0 Å². The normalized spacial score (nSPS) is 13.6. The van der Waals surface area contributed by atoms with Crippen LogP contribution in [0.4, 0.5) is 0 Å². The summed E-state index contributed by atoms with van der Waals surface area (Å²) in [5.74, 6) is 0. The topological polar surface area (TPSA) is 26.0 Å². The molecule has 1 heterocycles. The van der Waals surface area contributed by atoms with Gasteiger partial charge in [-0.15, -0.1) is 11.3 Å². The second kappa shape index (κ2) is 5.57. The van der Waals surface area contributed by atoms with Crippen molar-refractivity contribution < 1.29 is 0 Å². The molecule has 0 aliphatic heterocycles. The van der Waals surface area contributed by atoms with Crippen LogP contribution in [0.3, 0.4) is 0 Å². The molecule has 0 aliphatic carbocycles. The zero-order valence-corrected chi connectivity index (χ0v) is 14.4. The molecule has 0 spiro atoms. The van der Waals surface area contributed by atoms with Crippen molar-refractivity contribution in [3.8, 4) is 0 Å². The fourth-order valence-corrected chi connectivity index (χ4v) is 3.64. The lowest BCUT2D eigenvalue weighted by Gasteiger charge is -2.20. The minimum absolute atomic E-state index is 0.122. The van der Waals surface area contributed by atoms with E-state index in [2.05, 4.69) is 61.0 Å². The highest BCUT2D eigenvalue weighted by Crippen LogP contribution is 2.36. The van der Waals surface area contributed by atoms with E-state index in [1.54, 1.807) is 0 Å². The van der Waals surface area contributed by atoms with Gasteiger partial charge in [0.25, 0.3) is 0 Å². The lowest BCUT2D eigenvalue weighted by Crippen LogP contribution is -2.13. The van der Waals surface area contributed by atoms with Gasteiger partial charge in [0.2, 0.25) is 0 Å². The lowest BCUT2D eigenvalue weighted by atomic mass is 9.86. The Morgan fingerprint density at radius 3 is 2.21 bits per heavy atom. The van der Waals surface area contributed by atoms with E-state index in [0.717, 1.165) is 19.2 Å². The summed E-state index contributed by atoms with van der Waals surface area (Å²) in [7, 11) is 0. The maximum absolute atomic E-state index is 6.29. The second-order valence-corrected chi connectivity index (χ2v) is 8.16. The van der Waals surface area contributed by atoms with Gasteiger partial charge in [-0.3, -0.25) is 0 Å². The van der Waals surface area contributed by atoms with Gasteiger partial charge >= 0.3 is 0 Å². The molecular weight excluding hydrogens is 342 g/mol. The predicted octanol–water partition coefficient (Wildman–Crippen LogP) is 5.51. The summed E-state index contributed by atoms with van der Waals surface area (Å²) in [6, 6.07) is 10.4. The third kappa shape index (κ3) is 3.40. The number of rotatable bonds is 2. The number of benzene rings is 1. The van der Waals surface area contributed by atoms with Crippen LogP contribution in [0.15, 0.2) is 34.8 Å². The molecule has 0 aliphatic rings. The monoisotopic (exact) mass is 357 g/mol. The predicted molar refractivity (Wildman–Crippen MR) is 88.2 cm³/mol. The standard InChI is InChI=1S/C15H17BrClNS/c1-15(2,3)10-6-4-9(5-7-10)13(18)12-8-11(16)14(17)19-12/h4-8,13H,18H2,1-3H3. The third-order valence-electron chi connectivity index (χ3n) is 3.11. The number of nitrogens with two attached hydrogens (primary N) is 1. The van der Waals surface area contributed by atoms with Crippen molar-refractivity contribution in [2.75, 3.05) is 0 Å². The van der Waals surface area contributed by atoms with Crippen LogP contribution in [0.2, 0.25) is 4.34 Å². The zero-order chi connectivity index (χ0) is 14.2. The van der Waals surface area contributed by atoms with Crippen LogP contribution in [0, 0.1) is 0 Å². The Hall–Kier alpha value is -0.350. The van der Waals surface area contributed by atoms with E-state index >= 15 is 0 Å². The zero-order valence-electron chi connectivity index (χ0n) is 11.2. The highest BCUT2D eigenvalue weighted by molar-refractivity contribution is 9.10. The fraction of sp³-hybridized carbons (Fsp3) is 0.333. The first kappa shape index (κ1) is 15.0. The quantitative estimate of drug-likeness (QED) is 0.752. The van der Waals surface area contributed by atoms with Crippen LogP contribution in [0.5, 0.6) is 0 Å². The van der Waals surface area contributed by atoms with Crippen molar-refractivity contribution in [2.45, 2.75) is 32.2 Å². The fourth-order valence-electron chi connectivity index (χ4n) is 1.87. The summed E-state index contributed by atoms with van der Waals surface area (Å²) >= 11 is 11.0. The average Bonchev–Trinajstić information content (AvgIpc) is 2.68. The van der Waals surface area contributed by atoms with Gasteiger partial charge in [-0.05, 0) is 38.5 Å². The summed E-state index contributed by atoms with van der Waals surface area (Å²) in [6.07, 6.45) is 0. The number of hydrogen-bond donors (Lipinski definition) is 1. The Kier molecular flexibility index (Phi) is 4.41. The summed E-state index contributed by atoms with van der Waals surface area (Å²) in [4.78, 5) is 1.07. The average molecular weight is 359 g/mol. The van der Waals surface area contributed by atoms with Crippen LogP contribution < -0.4 is 5.73 Å². The molecule has 0 radical (unpaired) electrons. The van der Waals surface area contributed by atoms with E-state index in [9.17, 15) is 0 Å². The molecule has 0 fully saturated rings. The van der Waals surface area contributed by atoms with E-state index in [-0.39, 0.29) is 11.5 Å². The Balaban J connectivity index is 2.27. The summed E-state index contributed by atoms with van der Waals surface area (Å²) in [6.45, 7) is 6.62. The molecule has 1 nitrogen and oxygen atoms in total. The van der Waals surface area contributed by atoms with E-state index in [0.29, 0.717) is 0 Å². The maximum Gasteiger partial charge on any atom is 0.107 e. The number of halogens is 2. The van der Waals surface area contributed by atoms with Crippen molar-refractivity contribution in [1.82, 2.24) is 0 Å². The van der Waals surface area contributed by atoms with Crippen LogP contribution >= 0.6 is 38.9 Å². The van der Waals surface area contributed by atoms with E-state index in [1.807, 2.05) is 6.07 Å². The molecule has 0 saturated heterocycles. The van der Waals surface area contributed by atoms with Gasteiger partial charge in [0.1, 0.15) is 4.34 Å². The van der Waals surface area contributed by atoms with Crippen molar-refractivity contribution in [3.63, 3.8) is 0 Å². The lowest BCUT2D eigenvalue weighted by molar-refractivity contribution is 0.590. The van der Waals surface area contributed by atoms with E-state index < -0.39 is 0 Å². The smallest absolute Gasteiger partial charge is 0.107 e. The molecule has 4 heteroatoms. The minimum atomic E-state index is -0.122. The molecule has 1 unspecified atom stereocenters. The third-order valence-corrected chi connectivity index (χ3v) is 5.66. The molecule has 2 rings (SSSR count). The first-order chi connectivity index (χ1) is 8.79. The molecule has 0 saturated carbocycles. The summed E-state index contributed by atoms with van der Waals surface area (Å²) in [5, 5.41) is 0. The number of hydrogen-bond acceptors (Lipinski definition) is 2. The van der Waals surface area contributed by atoms with Crippen molar-refractivity contribution >= 4 is 38.9 Å². The molecule has 1 aromatic carbocycles.